The van der Waals surface area contributed by atoms with Crippen LogP contribution < -0.4 is 21.1 Å². The van der Waals surface area contributed by atoms with Gasteiger partial charge in [-0.1, -0.05) is 11.6 Å². The Morgan fingerprint density at radius 1 is 1.24 bits per heavy atom. The lowest BCUT2D eigenvalue weighted by Crippen LogP contribution is -2.35. The van der Waals surface area contributed by atoms with Crippen molar-refractivity contribution in [2.45, 2.75) is 13.0 Å². The fourth-order valence-electron chi connectivity index (χ4n) is 3.43. The van der Waals surface area contributed by atoms with Crippen LogP contribution in [0.2, 0.25) is 5.02 Å². The molecule has 0 aliphatic carbocycles. The van der Waals surface area contributed by atoms with Crippen LogP contribution in [-0.4, -0.2) is 47.3 Å². The van der Waals surface area contributed by atoms with Crippen molar-refractivity contribution in [1.82, 2.24) is 14.9 Å². The second-order valence-electron chi connectivity index (χ2n) is 7.78. The molecule has 8 nitrogen and oxygen atoms in total. The number of pyridine rings is 2. The Labute approximate surface area is 195 Å². The highest BCUT2D eigenvalue weighted by Gasteiger charge is 2.20. The van der Waals surface area contributed by atoms with Gasteiger partial charge in [-0.2, -0.15) is 0 Å². The molecule has 0 spiro atoms. The summed E-state index contributed by atoms with van der Waals surface area (Å²) in [5.74, 6) is -0.496. The average molecular weight is 474 g/mol. The van der Waals surface area contributed by atoms with Gasteiger partial charge in [0.15, 0.2) is 0 Å². The van der Waals surface area contributed by atoms with Crippen molar-refractivity contribution in [3.05, 3.63) is 69.5 Å². The number of nitrogens with one attached hydrogen (secondary N) is 2. The molecule has 3 aromatic rings. The number of aliphatic hydroxyl groups is 1. The van der Waals surface area contributed by atoms with E-state index < -0.39 is 23.3 Å². The SMILES string of the molecule is CC(CO)NC(=O)c1cnccc1Nc1cc(-c2cc(Cl)ccc2F)c(=O)n(C)c1N(C)C. The van der Waals surface area contributed by atoms with E-state index in [-0.39, 0.29) is 23.3 Å². The molecular weight excluding hydrogens is 449 g/mol. The maximum absolute atomic E-state index is 14.6. The number of benzene rings is 1. The second kappa shape index (κ2) is 10.0. The van der Waals surface area contributed by atoms with Crippen LogP contribution in [0.15, 0.2) is 47.5 Å². The topological polar surface area (TPSA) is 99.5 Å². The molecule has 174 valence electrons. The van der Waals surface area contributed by atoms with Gasteiger partial charge in [-0.3, -0.25) is 19.1 Å². The number of rotatable bonds is 7. The third-order valence-corrected chi connectivity index (χ3v) is 5.25. The molecule has 3 N–H and O–H groups in total. The zero-order valence-corrected chi connectivity index (χ0v) is 19.4. The molecule has 0 bridgehead atoms. The molecule has 0 saturated carbocycles. The molecule has 1 atom stereocenters. The number of carbonyl (C=O) groups excluding carboxylic acids is 1. The normalized spacial score (nSPS) is 11.7. The third kappa shape index (κ3) is 5.15. The van der Waals surface area contributed by atoms with Crippen molar-refractivity contribution < 1.29 is 14.3 Å². The first-order chi connectivity index (χ1) is 15.6. The van der Waals surface area contributed by atoms with E-state index in [4.69, 9.17) is 11.6 Å². The molecule has 0 radical (unpaired) electrons. The molecule has 2 aromatic heterocycles. The van der Waals surface area contributed by atoms with Gasteiger partial charge in [0.1, 0.15) is 11.6 Å². The number of aromatic nitrogens is 2. The summed E-state index contributed by atoms with van der Waals surface area (Å²) in [5.41, 5.74) is 0.904. The van der Waals surface area contributed by atoms with E-state index in [2.05, 4.69) is 15.6 Å². The number of hydrogen-bond acceptors (Lipinski definition) is 6. The summed E-state index contributed by atoms with van der Waals surface area (Å²) in [6, 6.07) is 6.71. The third-order valence-electron chi connectivity index (χ3n) is 5.01. The number of carbonyl (C=O) groups is 1. The molecule has 0 saturated heterocycles. The molecule has 0 fully saturated rings. The van der Waals surface area contributed by atoms with Gasteiger partial charge in [-0.25, -0.2) is 4.39 Å². The summed E-state index contributed by atoms with van der Waals surface area (Å²) in [6.07, 6.45) is 2.92. The minimum Gasteiger partial charge on any atom is -0.394 e. The first-order valence-electron chi connectivity index (χ1n) is 10.1. The van der Waals surface area contributed by atoms with Gasteiger partial charge in [-0.05, 0) is 37.3 Å². The summed E-state index contributed by atoms with van der Waals surface area (Å²) in [4.78, 5) is 31.6. The molecule has 0 aliphatic rings. The van der Waals surface area contributed by atoms with E-state index >= 15 is 0 Å². The molecule has 1 aromatic carbocycles. The maximum Gasteiger partial charge on any atom is 0.259 e. The van der Waals surface area contributed by atoms with Gasteiger partial charge in [0.2, 0.25) is 0 Å². The van der Waals surface area contributed by atoms with Crippen LogP contribution in [0.25, 0.3) is 11.1 Å². The van der Waals surface area contributed by atoms with Crippen molar-refractivity contribution >= 4 is 34.7 Å². The minimum atomic E-state index is -0.581. The Kier molecular flexibility index (Phi) is 7.35. The average Bonchev–Trinajstić information content (AvgIpc) is 2.77. The van der Waals surface area contributed by atoms with E-state index in [1.54, 1.807) is 39.0 Å². The second-order valence-corrected chi connectivity index (χ2v) is 8.22. The van der Waals surface area contributed by atoms with Crippen LogP contribution in [0.5, 0.6) is 0 Å². The highest BCUT2D eigenvalue weighted by atomic mass is 35.5. The van der Waals surface area contributed by atoms with Gasteiger partial charge in [0, 0.05) is 50.2 Å². The summed E-state index contributed by atoms with van der Waals surface area (Å²) in [7, 11) is 5.11. The molecule has 2 heterocycles. The van der Waals surface area contributed by atoms with Crippen molar-refractivity contribution in [2.24, 2.45) is 7.05 Å². The Morgan fingerprint density at radius 2 is 1.97 bits per heavy atom. The lowest BCUT2D eigenvalue weighted by atomic mass is 10.1. The fraction of sp³-hybridized carbons (Fsp3) is 0.261. The lowest BCUT2D eigenvalue weighted by molar-refractivity contribution is 0.0923. The van der Waals surface area contributed by atoms with E-state index in [1.807, 2.05) is 0 Å². The maximum atomic E-state index is 14.6. The fourth-order valence-corrected chi connectivity index (χ4v) is 3.61. The lowest BCUT2D eigenvalue weighted by Gasteiger charge is -2.24. The molecule has 10 heteroatoms. The van der Waals surface area contributed by atoms with Crippen molar-refractivity contribution in [2.75, 3.05) is 30.9 Å². The van der Waals surface area contributed by atoms with Crippen molar-refractivity contribution in [3.8, 4) is 11.1 Å². The van der Waals surface area contributed by atoms with E-state index in [1.165, 1.54) is 41.2 Å². The van der Waals surface area contributed by atoms with Crippen LogP contribution in [-0.2, 0) is 7.05 Å². The Balaban J connectivity index is 2.16. The van der Waals surface area contributed by atoms with E-state index in [9.17, 15) is 19.1 Å². The predicted octanol–water partition coefficient (Wildman–Crippen LogP) is 3.16. The van der Waals surface area contributed by atoms with Gasteiger partial charge < -0.3 is 20.6 Å². The van der Waals surface area contributed by atoms with Crippen LogP contribution >= 0.6 is 11.6 Å². The van der Waals surface area contributed by atoms with Crippen molar-refractivity contribution in [1.29, 1.82) is 0 Å². The standard InChI is InChI=1S/C23H25ClFN5O3/c1-13(12-31)27-21(32)17-11-26-8-7-19(17)28-20-10-16(15-9-14(24)5-6-18(15)25)23(33)30(4)22(20)29(2)3/h5-11,13,31H,12H2,1-4H3,(H,26,28)(H,27,32). The number of amides is 1. The molecule has 1 amide bonds. The number of anilines is 3. The Hall–Kier alpha value is -3.43. The molecular formula is C23H25ClFN5O3. The molecule has 33 heavy (non-hydrogen) atoms. The summed E-state index contributed by atoms with van der Waals surface area (Å²) >= 11 is 6.05. The van der Waals surface area contributed by atoms with E-state index in [0.717, 1.165) is 0 Å². The van der Waals surface area contributed by atoms with Crippen LogP contribution in [0.3, 0.4) is 0 Å². The van der Waals surface area contributed by atoms with Gasteiger partial charge in [-0.15, -0.1) is 0 Å². The number of halogens is 2. The van der Waals surface area contributed by atoms with Crippen LogP contribution in [0, 0.1) is 5.82 Å². The smallest absolute Gasteiger partial charge is 0.259 e. The monoisotopic (exact) mass is 473 g/mol. The van der Waals surface area contributed by atoms with Crippen LogP contribution in [0.1, 0.15) is 17.3 Å². The quantitative estimate of drug-likeness (QED) is 0.487. The highest BCUT2D eigenvalue weighted by Crippen LogP contribution is 2.32. The zero-order valence-electron chi connectivity index (χ0n) is 18.7. The number of hydrogen-bond donors (Lipinski definition) is 3. The Morgan fingerprint density at radius 3 is 2.64 bits per heavy atom. The highest BCUT2D eigenvalue weighted by molar-refractivity contribution is 6.30. The van der Waals surface area contributed by atoms with Gasteiger partial charge in [0.25, 0.3) is 11.5 Å². The summed E-state index contributed by atoms with van der Waals surface area (Å²) in [6.45, 7) is 1.46. The molecule has 0 aliphatic heterocycles. The first-order valence-corrected chi connectivity index (χ1v) is 10.5. The first kappa shape index (κ1) is 24.2. The summed E-state index contributed by atoms with van der Waals surface area (Å²) < 4.78 is 16.0. The summed E-state index contributed by atoms with van der Waals surface area (Å²) in [5, 5.41) is 15.4. The van der Waals surface area contributed by atoms with E-state index in [0.29, 0.717) is 22.2 Å². The van der Waals surface area contributed by atoms with Gasteiger partial charge >= 0.3 is 0 Å². The van der Waals surface area contributed by atoms with Gasteiger partial charge in [0.05, 0.1) is 29.1 Å². The minimum absolute atomic E-state index is 0.0703. The predicted molar refractivity (Wildman–Crippen MR) is 128 cm³/mol. The Bertz CT molecular complexity index is 1250. The zero-order chi connectivity index (χ0) is 24.3. The molecule has 3 rings (SSSR count). The van der Waals surface area contributed by atoms with Crippen LogP contribution in [0.4, 0.5) is 21.6 Å². The largest absolute Gasteiger partial charge is 0.394 e. The number of nitrogens with zero attached hydrogens (tertiary/aromatic N) is 3. The van der Waals surface area contributed by atoms with Crippen molar-refractivity contribution in [3.63, 3.8) is 0 Å². The number of aliphatic hydroxyl groups excluding tert-OH is 1. The molecule has 1 unspecified atom stereocenters.